The van der Waals surface area contributed by atoms with Crippen molar-refractivity contribution >= 4 is 23.4 Å². The van der Waals surface area contributed by atoms with Crippen molar-refractivity contribution in [1.29, 1.82) is 0 Å². The summed E-state index contributed by atoms with van der Waals surface area (Å²) in [6.45, 7) is 3.10. The molecule has 1 aliphatic heterocycles. The van der Waals surface area contributed by atoms with Crippen LogP contribution in [0.3, 0.4) is 0 Å². The van der Waals surface area contributed by atoms with Crippen LogP contribution in [0.1, 0.15) is 18.1 Å². The van der Waals surface area contributed by atoms with Crippen molar-refractivity contribution in [2.45, 2.75) is 19.9 Å². The van der Waals surface area contributed by atoms with Crippen LogP contribution in [0.2, 0.25) is 0 Å². The van der Waals surface area contributed by atoms with Gasteiger partial charge in [-0.2, -0.15) is 0 Å². The molecule has 2 aromatic carbocycles. The van der Waals surface area contributed by atoms with Crippen molar-refractivity contribution in [1.82, 2.24) is 9.80 Å². The maximum absolute atomic E-state index is 12.4. The highest BCUT2D eigenvalue weighted by atomic mass is 16.2. The van der Waals surface area contributed by atoms with E-state index in [1.54, 1.807) is 0 Å². The van der Waals surface area contributed by atoms with Gasteiger partial charge in [0.2, 0.25) is 5.91 Å². The van der Waals surface area contributed by atoms with Crippen molar-refractivity contribution in [3.8, 4) is 0 Å². The third kappa shape index (κ3) is 4.73. The van der Waals surface area contributed by atoms with Crippen molar-refractivity contribution in [2.24, 2.45) is 0 Å². The molecule has 0 saturated carbocycles. The standard InChI is InChI=1S/C21H23N3O3/c1-2-16-8-10-18(11-9-16)22-19(25)15-24-13-12-23(20(26)21(24)27)14-17-6-4-3-5-7-17/h3-11H,2,12-15H2,1H3,(H,22,25). The van der Waals surface area contributed by atoms with Crippen LogP contribution >= 0.6 is 0 Å². The lowest BCUT2D eigenvalue weighted by Gasteiger charge is -2.33. The number of amides is 3. The van der Waals surface area contributed by atoms with Crippen LogP contribution in [-0.4, -0.2) is 47.2 Å². The molecule has 6 nitrogen and oxygen atoms in total. The second-order valence-corrected chi connectivity index (χ2v) is 6.54. The molecule has 1 aliphatic rings. The second-order valence-electron chi connectivity index (χ2n) is 6.54. The van der Waals surface area contributed by atoms with Gasteiger partial charge in [0.25, 0.3) is 0 Å². The summed E-state index contributed by atoms with van der Waals surface area (Å²) in [4.78, 5) is 39.8. The van der Waals surface area contributed by atoms with Gasteiger partial charge in [-0.1, -0.05) is 49.4 Å². The quantitative estimate of drug-likeness (QED) is 0.797. The van der Waals surface area contributed by atoms with Gasteiger partial charge in [0, 0.05) is 25.3 Å². The number of carbonyl (C=O) groups is 3. The average Bonchev–Trinajstić information content (AvgIpc) is 2.69. The third-order valence-electron chi connectivity index (χ3n) is 4.59. The van der Waals surface area contributed by atoms with E-state index in [4.69, 9.17) is 0 Å². The Morgan fingerprint density at radius 3 is 2.19 bits per heavy atom. The first-order valence-electron chi connectivity index (χ1n) is 9.07. The molecular formula is C21H23N3O3. The maximum atomic E-state index is 12.4. The number of nitrogens with one attached hydrogen (secondary N) is 1. The molecule has 1 N–H and O–H groups in total. The summed E-state index contributed by atoms with van der Waals surface area (Å²) in [5.74, 6) is -1.50. The molecule has 3 rings (SSSR count). The van der Waals surface area contributed by atoms with Gasteiger partial charge in [-0.3, -0.25) is 14.4 Å². The highest BCUT2D eigenvalue weighted by Gasteiger charge is 2.33. The number of nitrogens with zero attached hydrogens (tertiary/aromatic N) is 2. The Morgan fingerprint density at radius 2 is 1.52 bits per heavy atom. The van der Waals surface area contributed by atoms with E-state index in [1.807, 2.05) is 54.6 Å². The topological polar surface area (TPSA) is 69.7 Å². The lowest BCUT2D eigenvalue weighted by atomic mass is 10.1. The SMILES string of the molecule is CCc1ccc(NC(=O)CN2CCN(Cc3ccccc3)C(=O)C2=O)cc1. The molecule has 140 valence electrons. The van der Waals surface area contributed by atoms with E-state index in [2.05, 4.69) is 12.2 Å². The predicted octanol–water partition coefficient (Wildman–Crippen LogP) is 2.06. The Balaban J connectivity index is 1.54. The molecular weight excluding hydrogens is 342 g/mol. The minimum Gasteiger partial charge on any atom is -0.328 e. The number of piperazine rings is 1. The molecule has 0 atom stereocenters. The number of carbonyl (C=O) groups excluding carboxylic acids is 3. The molecule has 6 heteroatoms. The zero-order valence-corrected chi connectivity index (χ0v) is 15.4. The van der Waals surface area contributed by atoms with Gasteiger partial charge in [0.05, 0.1) is 0 Å². The Labute approximate surface area is 158 Å². The van der Waals surface area contributed by atoms with Crippen LogP contribution in [0.4, 0.5) is 5.69 Å². The summed E-state index contributed by atoms with van der Waals surface area (Å²) in [6, 6.07) is 17.1. The normalized spacial score (nSPS) is 14.4. The smallest absolute Gasteiger partial charge is 0.312 e. The van der Waals surface area contributed by atoms with Crippen molar-refractivity contribution in [3.05, 3.63) is 65.7 Å². The zero-order chi connectivity index (χ0) is 19.2. The molecule has 27 heavy (non-hydrogen) atoms. The van der Waals surface area contributed by atoms with Gasteiger partial charge in [0.1, 0.15) is 6.54 Å². The molecule has 0 bridgehead atoms. The van der Waals surface area contributed by atoms with Crippen LogP contribution in [0, 0.1) is 0 Å². The van der Waals surface area contributed by atoms with Gasteiger partial charge >= 0.3 is 11.8 Å². The number of benzene rings is 2. The van der Waals surface area contributed by atoms with Crippen molar-refractivity contribution in [2.75, 3.05) is 25.0 Å². The van der Waals surface area contributed by atoms with E-state index >= 15 is 0 Å². The first-order valence-corrected chi connectivity index (χ1v) is 9.07. The van der Waals surface area contributed by atoms with Crippen molar-refractivity contribution in [3.63, 3.8) is 0 Å². The fraction of sp³-hybridized carbons (Fsp3) is 0.286. The number of hydrogen-bond donors (Lipinski definition) is 1. The molecule has 0 radical (unpaired) electrons. The molecule has 2 aromatic rings. The van der Waals surface area contributed by atoms with Crippen LogP contribution < -0.4 is 5.32 Å². The lowest BCUT2D eigenvalue weighted by Crippen LogP contribution is -2.55. The summed E-state index contributed by atoms with van der Waals surface area (Å²) in [6.07, 6.45) is 0.929. The van der Waals surface area contributed by atoms with Gasteiger partial charge < -0.3 is 15.1 Å². The first kappa shape index (κ1) is 18.6. The van der Waals surface area contributed by atoms with E-state index in [-0.39, 0.29) is 12.5 Å². The average molecular weight is 365 g/mol. The maximum Gasteiger partial charge on any atom is 0.312 e. The van der Waals surface area contributed by atoms with E-state index in [9.17, 15) is 14.4 Å². The molecule has 1 saturated heterocycles. The van der Waals surface area contributed by atoms with E-state index in [0.29, 0.717) is 25.3 Å². The Morgan fingerprint density at radius 1 is 0.889 bits per heavy atom. The second kappa shape index (κ2) is 8.49. The Kier molecular flexibility index (Phi) is 5.86. The Bertz CT molecular complexity index is 818. The number of hydrogen-bond acceptors (Lipinski definition) is 3. The molecule has 1 fully saturated rings. The van der Waals surface area contributed by atoms with Crippen LogP contribution in [0.25, 0.3) is 0 Å². The fourth-order valence-corrected chi connectivity index (χ4v) is 3.02. The number of aryl methyl sites for hydroxylation is 1. The lowest BCUT2D eigenvalue weighted by molar-refractivity contribution is -0.157. The number of anilines is 1. The molecule has 0 unspecified atom stereocenters. The third-order valence-corrected chi connectivity index (χ3v) is 4.59. The van der Waals surface area contributed by atoms with E-state index in [1.165, 1.54) is 15.4 Å². The first-order chi connectivity index (χ1) is 13.1. The van der Waals surface area contributed by atoms with Gasteiger partial charge in [-0.05, 0) is 29.7 Å². The van der Waals surface area contributed by atoms with Gasteiger partial charge in [0.15, 0.2) is 0 Å². The largest absolute Gasteiger partial charge is 0.328 e. The fourth-order valence-electron chi connectivity index (χ4n) is 3.02. The molecule has 0 spiro atoms. The molecule has 1 heterocycles. The van der Waals surface area contributed by atoms with Crippen LogP contribution in [0.15, 0.2) is 54.6 Å². The zero-order valence-electron chi connectivity index (χ0n) is 15.4. The van der Waals surface area contributed by atoms with E-state index < -0.39 is 11.8 Å². The number of rotatable bonds is 6. The predicted molar refractivity (Wildman–Crippen MR) is 103 cm³/mol. The Hall–Kier alpha value is -3.15. The van der Waals surface area contributed by atoms with Gasteiger partial charge in [-0.15, -0.1) is 0 Å². The monoisotopic (exact) mass is 365 g/mol. The van der Waals surface area contributed by atoms with Gasteiger partial charge in [-0.25, -0.2) is 0 Å². The minimum atomic E-state index is -0.631. The summed E-state index contributed by atoms with van der Waals surface area (Å²) in [7, 11) is 0. The summed E-state index contributed by atoms with van der Waals surface area (Å²) >= 11 is 0. The highest BCUT2D eigenvalue weighted by Crippen LogP contribution is 2.12. The summed E-state index contributed by atoms with van der Waals surface area (Å²) in [5.41, 5.74) is 2.84. The van der Waals surface area contributed by atoms with E-state index in [0.717, 1.165) is 12.0 Å². The van der Waals surface area contributed by atoms with Crippen LogP contribution in [-0.2, 0) is 27.3 Å². The van der Waals surface area contributed by atoms with Crippen molar-refractivity contribution < 1.29 is 14.4 Å². The highest BCUT2D eigenvalue weighted by molar-refractivity contribution is 6.35. The summed E-state index contributed by atoms with van der Waals surface area (Å²) in [5, 5.41) is 2.77. The summed E-state index contributed by atoms with van der Waals surface area (Å²) < 4.78 is 0. The van der Waals surface area contributed by atoms with Crippen LogP contribution in [0.5, 0.6) is 0 Å². The molecule has 0 aliphatic carbocycles. The molecule has 0 aromatic heterocycles. The molecule has 3 amide bonds. The minimum absolute atomic E-state index is 0.126.